The number of quaternary nitrogens is 1. The molecule has 0 aromatic rings. The summed E-state index contributed by atoms with van der Waals surface area (Å²) in [7, 11) is 4.47. The standard InChI is InChI=1S/C23H48NO2/c1-5-7-9-10-11-12-13-14-15-16-17-18-20-24(3,4)21-19-23(25)26-22-8-6-2/h5-22H2,1-4H3/q+1. The molecule has 3 heteroatoms. The van der Waals surface area contributed by atoms with Gasteiger partial charge in [-0.15, -0.1) is 0 Å². The molecule has 0 saturated carbocycles. The summed E-state index contributed by atoms with van der Waals surface area (Å²) in [5, 5.41) is 0. The summed E-state index contributed by atoms with van der Waals surface area (Å²) in [6.45, 7) is 7.04. The fourth-order valence-electron chi connectivity index (χ4n) is 3.29. The highest BCUT2D eigenvalue weighted by Gasteiger charge is 2.17. The number of unbranched alkanes of at least 4 members (excludes halogenated alkanes) is 12. The summed E-state index contributed by atoms with van der Waals surface area (Å²) in [6.07, 6.45) is 19.3. The first-order valence-electron chi connectivity index (χ1n) is 11.5. The first-order valence-corrected chi connectivity index (χ1v) is 11.5. The molecule has 0 spiro atoms. The molecule has 0 atom stereocenters. The third kappa shape index (κ3) is 18.2. The van der Waals surface area contributed by atoms with Crippen molar-refractivity contribution in [1.82, 2.24) is 0 Å². The number of carbonyl (C=O) groups excluding carboxylic acids is 1. The van der Waals surface area contributed by atoms with Crippen LogP contribution in [-0.4, -0.2) is 44.2 Å². The van der Waals surface area contributed by atoms with Crippen LogP contribution in [0.5, 0.6) is 0 Å². The predicted octanol–water partition coefficient (Wildman–Crippen LogP) is 6.50. The lowest BCUT2D eigenvalue weighted by atomic mass is 10.1. The molecule has 0 N–H and O–H groups in total. The van der Waals surface area contributed by atoms with E-state index in [0.717, 1.165) is 23.9 Å². The fourth-order valence-corrected chi connectivity index (χ4v) is 3.29. The van der Waals surface area contributed by atoms with Crippen LogP contribution >= 0.6 is 0 Å². The summed E-state index contributed by atoms with van der Waals surface area (Å²) in [6, 6.07) is 0. The van der Waals surface area contributed by atoms with Crippen molar-refractivity contribution in [2.45, 2.75) is 110 Å². The van der Waals surface area contributed by atoms with Crippen molar-refractivity contribution in [2.75, 3.05) is 33.8 Å². The second-order valence-electron chi connectivity index (χ2n) is 8.60. The number of ether oxygens (including phenoxy) is 1. The van der Waals surface area contributed by atoms with Crippen LogP contribution in [0.2, 0.25) is 0 Å². The number of carbonyl (C=O) groups is 1. The molecule has 0 saturated heterocycles. The van der Waals surface area contributed by atoms with Crippen molar-refractivity contribution >= 4 is 5.97 Å². The lowest BCUT2D eigenvalue weighted by molar-refractivity contribution is -0.890. The van der Waals surface area contributed by atoms with E-state index in [1.807, 2.05) is 0 Å². The topological polar surface area (TPSA) is 26.3 Å². The largest absolute Gasteiger partial charge is 0.466 e. The van der Waals surface area contributed by atoms with Gasteiger partial charge in [-0.3, -0.25) is 4.79 Å². The molecule has 0 aliphatic carbocycles. The third-order valence-electron chi connectivity index (χ3n) is 5.30. The first kappa shape index (κ1) is 25.4. The molecule has 0 aromatic carbocycles. The van der Waals surface area contributed by atoms with E-state index < -0.39 is 0 Å². The van der Waals surface area contributed by atoms with Crippen molar-refractivity contribution in [1.29, 1.82) is 0 Å². The Bertz CT molecular complexity index is 315. The van der Waals surface area contributed by atoms with Crippen molar-refractivity contribution in [3.63, 3.8) is 0 Å². The minimum Gasteiger partial charge on any atom is -0.466 e. The van der Waals surface area contributed by atoms with E-state index in [1.54, 1.807) is 0 Å². The number of nitrogens with zero attached hydrogens (tertiary/aromatic N) is 1. The smallest absolute Gasteiger partial charge is 0.311 e. The summed E-state index contributed by atoms with van der Waals surface area (Å²) in [5.41, 5.74) is 0. The third-order valence-corrected chi connectivity index (χ3v) is 5.30. The normalized spacial score (nSPS) is 11.7. The molecule has 0 heterocycles. The van der Waals surface area contributed by atoms with Gasteiger partial charge in [-0.2, -0.15) is 0 Å². The van der Waals surface area contributed by atoms with Crippen LogP contribution in [0.1, 0.15) is 110 Å². The van der Waals surface area contributed by atoms with Gasteiger partial charge in [0.15, 0.2) is 0 Å². The molecular formula is C23H48NO2+. The van der Waals surface area contributed by atoms with Crippen molar-refractivity contribution in [2.24, 2.45) is 0 Å². The average molecular weight is 371 g/mol. The van der Waals surface area contributed by atoms with Crippen LogP contribution in [0, 0.1) is 0 Å². The maximum Gasteiger partial charge on any atom is 0.311 e. The Kier molecular flexibility index (Phi) is 17.4. The van der Waals surface area contributed by atoms with Crippen molar-refractivity contribution < 1.29 is 14.0 Å². The van der Waals surface area contributed by atoms with Crippen LogP contribution in [0.15, 0.2) is 0 Å². The zero-order valence-electron chi connectivity index (χ0n) is 18.5. The summed E-state index contributed by atoms with van der Waals surface area (Å²) in [5.74, 6) is -0.0284. The van der Waals surface area contributed by atoms with Gasteiger partial charge in [0.05, 0.1) is 40.2 Å². The maximum atomic E-state index is 11.7. The molecule has 156 valence electrons. The summed E-state index contributed by atoms with van der Waals surface area (Å²) < 4.78 is 6.18. The predicted molar refractivity (Wildman–Crippen MR) is 113 cm³/mol. The van der Waals surface area contributed by atoms with Gasteiger partial charge in [-0.25, -0.2) is 0 Å². The van der Waals surface area contributed by atoms with E-state index in [2.05, 4.69) is 27.9 Å². The molecule has 3 nitrogen and oxygen atoms in total. The lowest BCUT2D eigenvalue weighted by Crippen LogP contribution is -2.42. The highest BCUT2D eigenvalue weighted by Crippen LogP contribution is 2.13. The van der Waals surface area contributed by atoms with Gasteiger partial charge in [0.1, 0.15) is 0 Å². The van der Waals surface area contributed by atoms with Gasteiger partial charge in [-0.05, 0) is 19.3 Å². The van der Waals surface area contributed by atoms with Crippen molar-refractivity contribution in [3.05, 3.63) is 0 Å². The fraction of sp³-hybridized carbons (Fsp3) is 0.957. The summed E-state index contributed by atoms with van der Waals surface area (Å²) in [4.78, 5) is 11.7. The minimum absolute atomic E-state index is 0.0284. The Hall–Kier alpha value is -0.570. The van der Waals surface area contributed by atoms with Crippen molar-refractivity contribution in [3.8, 4) is 0 Å². The van der Waals surface area contributed by atoms with Gasteiger partial charge in [-0.1, -0.05) is 84.5 Å². The molecule has 0 fully saturated rings. The monoisotopic (exact) mass is 370 g/mol. The maximum absolute atomic E-state index is 11.7. The molecule has 0 aromatic heterocycles. The Morgan fingerprint density at radius 2 is 1.12 bits per heavy atom. The molecule has 0 aliphatic heterocycles. The Morgan fingerprint density at radius 3 is 1.62 bits per heavy atom. The van der Waals surface area contributed by atoms with Gasteiger partial charge in [0.2, 0.25) is 0 Å². The van der Waals surface area contributed by atoms with E-state index in [4.69, 9.17) is 4.74 Å². The van der Waals surface area contributed by atoms with Crippen LogP contribution in [0.3, 0.4) is 0 Å². The minimum atomic E-state index is -0.0284. The van der Waals surface area contributed by atoms with E-state index in [9.17, 15) is 4.79 Å². The van der Waals surface area contributed by atoms with E-state index in [0.29, 0.717) is 13.0 Å². The van der Waals surface area contributed by atoms with Gasteiger partial charge >= 0.3 is 5.97 Å². The first-order chi connectivity index (χ1) is 12.5. The molecule has 0 rings (SSSR count). The Morgan fingerprint density at radius 1 is 0.654 bits per heavy atom. The second-order valence-corrected chi connectivity index (χ2v) is 8.60. The number of hydrogen-bond donors (Lipinski definition) is 0. The van der Waals surface area contributed by atoms with Crippen LogP contribution in [0.4, 0.5) is 0 Å². The van der Waals surface area contributed by atoms with Gasteiger partial charge in [0, 0.05) is 0 Å². The average Bonchev–Trinajstić information content (AvgIpc) is 2.61. The Balaban J connectivity index is 3.43. The number of rotatable bonds is 19. The number of hydrogen-bond acceptors (Lipinski definition) is 2. The highest BCUT2D eigenvalue weighted by atomic mass is 16.5. The second kappa shape index (κ2) is 17.8. The SMILES string of the molecule is CCCCCCCCCCCCCC[N+](C)(C)CCC(=O)OCCCC. The quantitative estimate of drug-likeness (QED) is 0.147. The molecular weight excluding hydrogens is 322 g/mol. The van der Waals surface area contributed by atoms with E-state index in [-0.39, 0.29) is 5.97 Å². The molecule has 0 bridgehead atoms. The lowest BCUT2D eigenvalue weighted by Gasteiger charge is -2.29. The van der Waals surface area contributed by atoms with Gasteiger partial charge in [0.25, 0.3) is 0 Å². The zero-order valence-corrected chi connectivity index (χ0v) is 18.5. The Labute approximate surface area is 164 Å². The van der Waals surface area contributed by atoms with Gasteiger partial charge < -0.3 is 9.22 Å². The van der Waals surface area contributed by atoms with Crippen LogP contribution in [0.25, 0.3) is 0 Å². The molecule has 0 aliphatic rings. The van der Waals surface area contributed by atoms with Crippen LogP contribution in [-0.2, 0) is 9.53 Å². The zero-order chi connectivity index (χ0) is 19.5. The number of esters is 1. The molecule has 0 amide bonds. The summed E-state index contributed by atoms with van der Waals surface area (Å²) >= 11 is 0. The van der Waals surface area contributed by atoms with Crippen LogP contribution < -0.4 is 0 Å². The molecule has 26 heavy (non-hydrogen) atoms. The highest BCUT2D eigenvalue weighted by molar-refractivity contribution is 5.69. The van der Waals surface area contributed by atoms with E-state index in [1.165, 1.54) is 83.6 Å². The molecule has 0 unspecified atom stereocenters. The van der Waals surface area contributed by atoms with E-state index >= 15 is 0 Å². The molecule has 0 radical (unpaired) electrons.